The number of hydrogen-bond donors (Lipinski definition) is 0. The van der Waals surface area contributed by atoms with Crippen LogP contribution in [0.25, 0.3) is 22.3 Å². The molecule has 0 aliphatic rings. The van der Waals surface area contributed by atoms with Gasteiger partial charge in [0.2, 0.25) is 0 Å². The van der Waals surface area contributed by atoms with E-state index in [1.54, 1.807) is 0 Å². The molecule has 4 rings (SSSR count). The zero-order valence-electron chi connectivity index (χ0n) is 17.0. The first-order valence-corrected chi connectivity index (χ1v) is 13.1. The Kier molecular flexibility index (Phi) is 8.18. The highest BCUT2D eigenvalue weighted by Crippen LogP contribution is 2.39. The van der Waals surface area contributed by atoms with Crippen LogP contribution >= 0.6 is 63.7 Å². The predicted octanol–water partition coefficient (Wildman–Crippen LogP) is 10.1. The van der Waals surface area contributed by atoms with Crippen LogP contribution in [0, 0.1) is 11.6 Å². The molecular formula is C26H16Br4F2O. The summed E-state index contributed by atoms with van der Waals surface area (Å²) in [6, 6.07) is 21.6. The summed E-state index contributed by atoms with van der Waals surface area (Å²) >= 11 is 13.9. The van der Waals surface area contributed by atoms with Gasteiger partial charge in [-0.05, 0) is 46.5 Å². The lowest BCUT2D eigenvalue weighted by molar-refractivity contribution is 0.108. The molecule has 4 aromatic carbocycles. The highest BCUT2D eigenvalue weighted by atomic mass is 79.9. The summed E-state index contributed by atoms with van der Waals surface area (Å²) in [4.78, 5) is 0. The third-order valence-corrected chi connectivity index (χ3v) is 7.60. The van der Waals surface area contributed by atoms with Crippen LogP contribution in [0.2, 0.25) is 0 Å². The lowest BCUT2D eigenvalue weighted by Crippen LogP contribution is -1.99. The van der Waals surface area contributed by atoms with Crippen molar-refractivity contribution in [2.24, 2.45) is 0 Å². The van der Waals surface area contributed by atoms with E-state index in [-0.39, 0.29) is 11.6 Å². The van der Waals surface area contributed by atoms with Gasteiger partial charge in [0.15, 0.2) is 0 Å². The fourth-order valence-corrected chi connectivity index (χ4v) is 6.77. The van der Waals surface area contributed by atoms with Gasteiger partial charge < -0.3 is 4.74 Å². The maximum Gasteiger partial charge on any atom is 0.125 e. The van der Waals surface area contributed by atoms with Crippen LogP contribution in [0.15, 0.2) is 90.7 Å². The average molecular weight is 702 g/mol. The molecule has 0 spiro atoms. The van der Waals surface area contributed by atoms with E-state index in [1.807, 2.05) is 48.5 Å². The van der Waals surface area contributed by atoms with Gasteiger partial charge in [0.25, 0.3) is 0 Å². The van der Waals surface area contributed by atoms with Crippen molar-refractivity contribution in [3.05, 3.63) is 113 Å². The Bertz CT molecular complexity index is 1180. The van der Waals surface area contributed by atoms with Gasteiger partial charge in [-0.3, -0.25) is 0 Å². The van der Waals surface area contributed by atoms with E-state index >= 15 is 0 Å². The van der Waals surface area contributed by atoms with Gasteiger partial charge in [0.05, 0.1) is 13.2 Å². The summed E-state index contributed by atoms with van der Waals surface area (Å²) in [5.41, 5.74) is 5.60. The van der Waals surface area contributed by atoms with Gasteiger partial charge in [-0.15, -0.1) is 0 Å². The van der Waals surface area contributed by atoms with Gasteiger partial charge in [-0.25, -0.2) is 8.78 Å². The molecule has 0 radical (unpaired) electrons. The van der Waals surface area contributed by atoms with E-state index in [1.165, 1.54) is 24.3 Å². The molecule has 0 N–H and O–H groups in total. The van der Waals surface area contributed by atoms with Crippen LogP contribution in [0.5, 0.6) is 0 Å². The van der Waals surface area contributed by atoms with E-state index in [2.05, 4.69) is 63.7 Å². The molecule has 33 heavy (non-hydrogen) atoms. The summed E-state index contributed by atoms with van der Waals surface area (Å²) in [5, 5.41) is 0. The molecule has 168 valence electrons. The molecule has 0 saturated carbocycles. The largest absolute Gasteiger partial charge is 0.372 e. The second kappa shape index (κ2) is 10.9. The minimum atomic E-state index is -0.319. The lowest BCUT2D eigenvalue weighted by Gasteiger charge is -2.16. The number of halogens is 6. The Labute approximate surface area is 224 Å². The molecule has 4 aromatic rings. The predicted molar refractivity (Wildman–Crippen MR) is 143 cm³/mol. The lowest BCUT2D eigenvalue weighted by atomic mass is 9.99. The zero-order chi connectivity index (χ0) is 23.5. The van der Waals surface area contributed by atoms with Crippen LogP contribution in [-0.2, 0) is 18.0 Å². The van der Waals surface area contributed by atoms with E-state index in [4.69, 9.17) is 4.74 Å². The van der Waals surface area contributed by atoms with Crippen LogP contribution in [0.1, 0.15) is 11.1 Å². The van der Waals surface area contributed by atoms with Crippen molar-refractivity contribution in [3.63, 3.8) is 0 Å². The minimum Gasteiger partial charge on any atom is -0.372 e. The topological polar surface area (TPSA) is 9.23 Å². The van der Waals surface area contributed by atoms with Gasteiger partial charge in [0.1, 0.15) is 11.6 Å². The molecule has 0 unspecified atom stereocenters. The molecule has 0 atom stereocenters. The first-order chi connectivity index (χ1) is 15.8. The quantitative estimate of drug-likeness (QED) is 0.195. The van der Waals surface area contributed by atoms with Gasteiger partial charge in [-0.2, -0.15) is 0 Å². The van der Waals surface area contributed by atoms with Crippen molar-refractivity contribution in [3.8, 4) is 22.3 Å². The summed E-state index contributed by atoms with van der Waals surface area (Å²) in [6.07, 6.45) is 0. The number of benzene rings is 4. The zero-order valence-corrected chi connectivity index (χ0v) is 23.4. The number of ether oxygens (including phenoxy) is 1. The van der Waals surface area contributed by atoms with Crippen LogP contribution in [0.3, 0.4) is 0 Å². The molecule has 0 saturated heterocycles. The van der Waals surface area contributed by atoms with Gasteiger partial charge in [0, 0.05) is 29.0 Å². The SMILES string of the molecule is Fc1cc(Br)c(-c2ccccc2COCc2ccccc2-c2c(Br)cc(F)cc2Br)c(Br)c1. The Morgan fingerprint density at radius 2 is 0.879 bits per heavy atom. The van der Waals surface area contributed by atoms with Crippen LogP contribution in [-0.4, -0.2) is 0 Å². The van der Waals surface area contributed by atoms with E-state index < -0.39 is 0 Å². The number of hydrogen-bond acceptors (Lipinski definition) is 1. The summed E-state index contributed by atoms with van der Waals surface area (Å²) in [7, 11) is 0. The molecule has 1 nitrogen and oxygen atoms in total. The maximum atomic E-state index is 13.8. The smallest absolute Gasteiger partial charge is 0.125 e. The van der Waals surface area contributed by atoms with Crippen molar-refractivity contribution in [2.75, 3.05) is 0 Å². The van der Waals surface area contributed by atoms with Gasteiger partial charge in [-0.1, -0.05) is 112 Å². The van der Waals surface area contributed by atoms with Crippen molar-refractivity contribution >= 4 is 63.7 Å². The molecular weight excluding hydrogens is 686 g/mol. The Hall–Kier alpha value is -1.38. The first-order valence-electron chi connectivity index (χ1n) is 9.88. The fraction of sp³-hybridized carbons (Fsp3) is 0.0769. The van der Waals surface area contributed by atoms with E-state index in [0.717, 1.165) is 33.4 Å². The van der Waals surface area contributed by atoms with E-state index in [9.17, 15) is 8.78 Å². The molecule has 0 amide bonds. The molecule has 0 heterocycles. The summed E-state index contributed by atoms with van der Waals surface area (Å²) in [5.74, 6) is -0.637. The normalized spacial score (nSPS) is 11.1. The maximum absolute atomic E-state index is 13.8. The summed E-state index contributed by atoms with van der Waals surface area (Å²) in [6.45, 7) is 0.735. The van der Waals surface area contributed by atoms with Gasteiger partial charge >= 0.3 is 0 Å². The average Bonchev–Trinajstić information content (AvgIpc) is 2.74. The molecule has 0 aromatic heterocycles. The van der Waals surface area contributed by atoms with Crippen molar-refractivity contribution in [1.82, 2.24) is 0 Å². The number of rotatable bonds is 6. The standard InChI is InChI=1S/C26H16Br4F2O/c27-21-9-17(31)10-22(28)25(21)19-7-3-1-5-15(19)13-33-14-16-6-2-4-8-20(16)26-23(29)11-18(32)12-24(26)30/h1-12H,13-14H2. The molecule has 0 aliphatic carbocycles. The first kappa shape index (κ1) is 24.7. The monoisotopic (exact) mass is 698 g/mol. The second-order valence-corrected chi connectivity index (χ2v) is 10.7. The highest BCUT2D eigenvalue weighted by Gasteiger charge is 2.16. The molecule has 7 heteroatoms. The molecule has 0 fully saturated rings. The second-order valence-electron chi connectivity index (χ2n) is 7.30. The molecule has 0 bridgehead atoms. The third-order valence-electron chi connectivity index (χ3n) is 5.10. The van der Waals surface area contributed by atoms with Crippen molar-refractivity contribution in [2.45, 2.75) is 13.2 Å². The summed E-state index contributed by atoms with van der Waals surface area (Å²) < 4.78 is 36.3. The Morgan fingerprint density at radius 3 is 1.24 bits per heavy atom. The third kappa shape index (κ3) is 5.65. The van der Waals surface area contributed by atoms with Crippen molar-refractivity contribution < 1.29 is 13.5 Å². The van der Waals surface area contributed by atoms with Crippen LogP contribution in [0.4, 0.5) is 8.78 Å². The Balaban J connectivity index is 1.60. The van der Waals surface area contributed by atoms with Crippen LogP contribution < -0.4 is 0 Å². The molecule has 0 aliphatic heterocycles. The Morgan fingerprint density at radius 1 is 0.545 bits per heavy atom. The highest BCUT2D eigenvalue weighted by molar-refractivity contribution is 9.11. The van der Waals surface area contributed by atoms with Crippen molar-refractivity contribution in [1.29, 1.82) is 0 Å². The minimum absolute atomic E-state index is 0.319. The fourth-order valence-electron chi connectivity index (χ4n) is 3.65. The van der Waals surface area contributed by atoms with E-state index in [0.29, 0.717) is 31.1 Å².